The molecule has 0 radical (unpaired) electrons. The quantitative estimate of drug-likeness (QED) is 0.704. The van der Waals surface area contributed by atoms with Crippen molar-refractivity contribution in [2.45, 2.75) is 31.6 Å². The SMILES string of the molecule is CSC(C)C(=O)[NH+]1C(=O)C=CC1(C)C. The van der Waals surface area contributed by atoms with E-state index in [1.54, 1.807) is 6.08 Å². The Morgan fingerprint density at radius 2 is 2.14 bits per heavy atom. The fraction of sp³-hybridized carbons (Fsp3) is 0.600. The topological polar surface area (TPSA) is 38.6 Å². The van der Waals surface area contributed by atoms with Crippen molar-refractivity contribution in [3.63, 3.8) is 0 Å². The van der Waals surface area contributed by atoms with Crippen LogP contribution >= 0.6 is 11.8 Å². The van der Waals surface area contributed by atoms with Crippen LogP contribution in [-0.4, -0.2) is 28.9 Å². The van der Waals surface area contributed by atoms with Gasteiger partial charge in [0.25, 0.3) is 0 Å². The van der Waals surface area contributed by atoms with Crippen LogP contribution in [0.15, 0.2) is 12.2 Å². The van der Waals surface area contributed by atoms with E-state index >= 15 is 0 Å². The van der Waals surface area contributed by atoms with E-state index in [0.29, 0.717) is 4.90 Å². The molecule has 0 bridgehead atoms. The summed E-state index contributed by atoms with van der Waals surface area (Å²) in [7, 11) is 0. The highest BCUT2D eigenvalue weighted by atomic mass is 32.2. The van der Waals surface area contributed by atoms with Gasteiger partial charge < -0.3 is 0 Å². The Bertz CT molecular complexity index is 296. The molecule has 78 valence electrons. The number of quaternary nitrogens is 1. The van der Waals surface area contributed by atoms with Crippen molar-refractivity contribution >= 4 is 23.6 Å². The van der Waals surface area contributed by atoms with E-state index in [1.807, 2.05) is 27.0 Å². The second kappa shape index (κ2) is 3.87. The zero-order chi connectivity index (χ0) is 10.9. The van der Waals surface area contributed by atoms with Crippen LogP contribution in [0.1, 0.15) is 20.8 Å². The summed E-state index contributed by atoms with van der Waals surface area (Å²) in [6.07, 6.45) is 5.18. The smallest absolute Gasteiger partial charge is 0.229 e. The lowest BCUT2D eigenvalue weighted by Gasteiger charge is -2.24. The second-order valence-electron chi connectivity index (χ2n) is 4.04. The van der Waals surface area contributed by atoms with Gasteiger partial charge in [-0.25, -0.2) is 9.59 Å². The van der Waals surface area contributed by atoms with E-state index in [2.05, 4.69) is 0 Å². The highest BCUT2D eigenvalue weighted by Crippen LogP contribution is 2.09. The Balaban J connectivity index is 2.88. The first-order valence-corrected chi connectivity index (χ1v) is 5.87. The van der Waals surface area contributed by atoms with E-state index in [9.17, 15) is 9.59 Å². The molecule has 3 nitrogen and oxygen atoms in total. The molecule has 0 saturated carbocycles. The molecular formula is C10H16NO2S+. The summed E-state index contributed by atoms with van der Waals surface area (Å²) in [5.74, 6) is -0.154. The van der Waals surface area contributed by atoms with Crippen molar-refractivity contribution in [2.75, 3.05) is 6.26 Å². The van der Waals surface area contributed by atoms with Crippen LogP contribution in [0.25, 0.3) is 0 Å². The number of nitrogens with one attached hydrogen (secondary N) is 1. The van der Waals surface area contributed by atoms with E-state index in [-0.39, 0.29) is 17.1 Å². The van der Waals surface area contributed by atoms with Crippen molar-refractivity contribution in [3.8, 4) is 0 Å². The van der Waals surface area contributed by atoms with Gasteiger partial charge >= 0.3 is 11.8 Å². The molecule has 0 spiro atoms. The number of hydrogen-bond acceptors (Lipinski definition) is 3. The maximum Gasteiger partial charge on any atom is 0.345 e. The Hall–Kier alpha value is -0.610. The summed E-state index contributed by atoms with van der Waals surface area (Å²) in [4.78, 5) is 23.8. The number of carbonyl (C=O) groups is 2. The van der Waals surface area contributed by atoms with Gasteiger partial charge in [-0.05, 0) is 33.1 Å². The number of hydrogen-bond donors (Lipinski definition) is 1. The summed E-state index contributed by atoms with van der Waals surface area (Å²) in [6.45, 7) is 5.63. The lowest BCUT2D eigenvalue weighted by Crippen LogP contribution is -3.22. The fourth-order valence-corrected chi connectivity index (χ4v) is 1.85. The van der Waals surface area contributed by atoms with Gasteiger partial charge in [-0.2, -0.15) is 4.90 Å². The Kier molecular flexibility index (Phi) is 3.17. The van der Waals surface area contributed by atoms with Gasteiger partial charge in [0.1, 0.15) is 10.8 Å². The third-order valence-corrected chi connectivity index (χ3v) is 3.43. The second-order valence-corrected chi connectivity index (χ2v) is 5.21. The predicted molar refractivity (Wildman–Crippen MR) is 57.2 cm³/mol. The van der Waals surface area contributed by atoms with Gasteiger partial charge in [0.15, 0.2) is 0 Å². The van der Waals surface area contributed by atoms with Crippen molar-refractivity contribution in [1.82, 2.24) is 0 Å². The predicted octanol–water partition coefficient (Wildman–Crippen LogP) is 0.0244. The molecule has 0 aromatic rings. The highest BCUT2D eigenvalue weighted by molar-refractivity contribution is 7.99. The number of carbonyl (C=O) groups excluding carboxylic acids is 2. The number of imide groups is 1. The Morgan fingerprint density at radius 1 is 1.57 bits per heavy atom. The molecule has 2 unspecified atom stereocenters. The molecule has 0 saturated heterocycles. The lowest BCUT2D eigenvalue weighted by molar-refractivity contribution is -0.779. The Labute approximate surface area is 88.5 Å². The first kappa shape index (κ1) is 11.5. The van der Waals surface area contributed by atoms with Crippen LogP contribution in [0.2, 0.25) is 0 Å². The molecule has 0 fully saturated rings. The average molecular weight is 214 g/mol. The zero-order valence-electron chi connectivity index (χ0n) is 8.96. The van der Waals surface area contributed by atoms with Gasteiger partial charge in [0, 0.05) is 6.08 Å². The normalized spacial score (nSPS) is 26.6. The molecule has 0 aromatic carbocycles. The molecule has 2 amide bonds. The largest absolute Gasteiger partial charge is 0.345 e. The molecule has 1 aliphatic rings. The first-order chi connectivity index (χ1) is 6.40. The van der Waals surface area contributed by atoms with E-state index in [1.165, 1.54) is 17.8 Å². The van der Waals surface area contributed by atoms with Crippen molar-refractivity contribution in [3.05, 3.63) is 12.2 Å². The maximum atomic E-state index is 11.9. The van der Waals surface area contributed by atoms with Gasteiger partial charge in [-0.1, -0.05) is 0 Å². The van der Waals surface area contributed by atoms with Crippen molar-refractivity contribution in [2.24, 2.45) is 0 Å². The van der Waals surface area contributed by atoms with Gasteiger partial charge in [0.2, 0.25) is 0 Å². The molecule has 2 atom stereocenters. The third-order valence-electron chi connectivity index (χ3n) is 2.51. The minimum absolute atomic E-state index is 0.0301. The summed E-state index contributed by atoms with van der Waals surface area (Å²) in [5, 5.41) is -0.131. The van der Waals surface area contributed by atoms with Crippen LogP contribution in [0, 0.1) is 0 Å². The minimum Gasteiger partial charge on any atom is -0.229 e. The van der Waals surface area contributed by atoms with Gasteiger partial charge in [-0.3, -0.25) is 0 Å². The highest BCUT2D eigenvalue weighted by Gasteiger charge is 2.45. The monoisotopic (exact) mass is 214 g/mol. The molecular weight excluding hydrogens is 198 g/mol. The lowest BCUT2D eigenvalue weighted by atomic mass is 10.1. The summed E-state index contributed by atoms with van der Waals surface area (Å²) in [5.41, 5.74) is -0.391. The number of thioether (sulfide) groups is 1. The minimum atomic E-state index is -0.391. The van der Waals surface area contributed by atoms with Crippen molar-refractivity contribution < 1.29 is 14.5 Å². The molecule has 14 heavy (non-hydrogen) atoms. The van der Waals surface area contributed by atoms with Crippen LogP contribution in [0.5, 0.6) is 0 Å². The summed E-state index contributed by atoms with van der Waals surface area (Å²) in [6, 6.07) is 0. The third kappa shape index (κ3) is 1.91. The molecule has 0 aliphatic carbocycles. The first-order valence-electron chi connectivity index (χ1n) is 4.58. The summed E-state index contributed by atoms with van der Waals surface area (Å²) >= 11 is 1.47. The van der Waals surface area contributed by atoms with Crippen LogP contribution in [-0.2, 0) is 9.59 Å². The molecule has 1 rings (SSSR count). The van der Waals surface area contributed by atoms with Crippen LogP contribution in [0.3, 0.4) is 0 Å². The molecule has 1 heterocycles. The summed E-state index contributed by atoms with van der Waals surface area (Å²) < 4.78 is 0. The van der Waals surface area contributed by atoms with Crippen molar-refractivity contribution in [1.29, 1.82) is 0 Å². The molecule has 1 N–H and O–H groups in total. The Morgan fingerprint density at radius 3 is 2.50 bits per heavy atom. The van der Waals surface area contributed by atoms with E-state index in [4.69, 9.17) is 0 Å². The molecule has 4 heteroatoms. The number of amides is 2. The standard InChI is InChI=1S/C10H15NO2S/c1-7(14-4)9(13)11-8(12)5-6-10(11,2)3/h5-7H,1-4H3/p+1. The molecule has 0 aromatic heterocycles. The maximum absolute atomic E-state index is 11.9. The molecule has 1 aliphatic heterocycles. The number of rotatable bonds is 2. The fourth-order valence-electron chi connectivity index (χ4n) is 1.52. The van der Waals surface area contributed by atoms with Gasteiger partial charge in [-0.15, -0.1) is 11.8 Å². The van der Waals surface area contributed by atoms with Crippen LogP contribution < -0.4 is 4.90 Å². The van der Waals surface area contributed by atoms with E-state index in [0.717, 1.165) is 0 Å². The average Bonchev–Trinajstić information content (AvgIpc) is 2.38. The zero-order valence-corrected chi connectivity index (χ0v) is 9.77. The van der Waals surface area contributed by atoms with E-state index < -0.39 is 5.54 Å². The van der Waals surface area contributed by atoms with Crippen LogP contribution in [0.4, 0.5) is 0 Å². The van der Waals surface area contributed by atoms with Gasteiger partial charge in [0.05, 0.1) is 0 Å².